The lowest BCUT2D eigenvalue weighted by molar-refractivity contribution is -0.125. The number of amidine groups is 1. The Bertz CT molecular complexity index is 709. The van der Waals surface area contributed by atoms with Crippen LogP contribution in [0.1, 0.15) is 26.2 Å². The molecule has 1 atom stereocenters. The van der Waals surface area contributed by atoms with Crippen molar-refractivity contribution in [2.45, 2.75) is 37.2 Å². The first-order chi connectivity index (χ1) is 11.4. The number of methoxy groups -OCH3 is 1. The number of sulfonamides is 1. The van der Waals surface area contributed by atoms with Crippen molar-refractivity contribution in [3.05, 3.63) is 24.3 Å². The quantitative estimate of drug-likeness (QED) is 0.843. The third-order valence-corrected chi connectivity index (χ3v) is 5.25. The standard InChI is InChI=1S/C16H23N3O4S/c1-4-14(23-3)16(20)17-12-7-9-13(10-8-12)24(21,22)18-15-6-5-11-19(15)2/h7-10,14H,4-6,11H2,1-3H3,(H,17,20)/b18-15-. The first-order valence-electron chi connectivity index (χ1n) is 7.86. The number of hydrogen-bond acceptors (Lipinski definition) is 4. The van der Waals surface area contributed by atoms with Gasteiger partial charge in [0.25, 0.3) is 15.9 Å². The number of carbonyl (C=O) groups is 1. The fraction of sp³-hybridized carbons (Fsp3) is 0.500. The molecule has 7 nitrogen and oxygen atoms in total. The van der Waals surface area contributed by atoms with Crippen molar-refractivity contribution in [2.75, 3.05) is 26.0 Å². The zero-order valence-electron chi connectivity index (χ0n) is 14.2. The Kier molecular flexibility index (Phi) is 5.95. The molecule has 0 aromatic heterocycles. The van der Waals surface area contributed by atoms with Crippen molar-refractivity contribution >= 4 is 27.5 Å². The summed E-state index contributed by atoms with van der Waals surface area (Å²) in [5.41, 5.74) is 0.514. The first kappa shape index (κ1) is 18.4. The van der Waals surface area contributed by atoms with Gasteiger partial charge in [-0.25, -0.2) is 0 Å². The van der Waals surface area contributed by atoms with E-state index in [-0.39, 0.29) is 10.8 Å². The zero-order valence-corrected chi connectivity index (χ0v) is 15.0. The highest BCUT2D eigenvalue weighted by atomic mass is 32.2. The molecule has 2 rings (SSSR count). The number of nitrogens with one attached hydrogen (secondary N) is 1. The van der Waals surface area contributed by atoms with E-state index in [0.29, 0.717) is 24.4 Å². The Morgan fingerprint density at radius 3 is 2.54 bits per heavy atom. The number of nitrogens with zero attached hydrogens (tertiary/aromatic N) is 2. The average molecular weight is 353 g/mol. The van der Waals surface area contributed by atoms with Crippen LogP contribution in [0.2, 0.25) is 0 Å². The largest absolute Gasteiger partial charge is 0.372 e. The highest BCUT2D eigenvalue weighted by Crippen LogP contribution is 2.19. The maximum Gasteiger partial charge on any atom is 0.283 e. The molecule has 0 spiro atoms. The number of likely N-dealkylation sites (tertiary alicyclic amines) is 1. The summed E-state index contributed by atoms with van der Waals surface area (Å²) in [6.45, 7) is 2.67. The van der Waals surface area contributed by atoms with E-state index >= 15 is 0 Å². The van der Waals surface area contributed by atoms with Gasteiger partial charge in [-0.3, -0.25) is 4.79 Å². The van der Waals surface area contributed by atoms with Crippen molar-refractivity contribution in [1.29, 1.82) is 0 Å². The van der Waals surface area contributed by atoms with E-state index in [1.54, 1.807) is 12.1 Å². The van der Waals surface area contributed by atoms with Gasteiger partial charge in [-0.15, -0.1) is 4.40 Å². The molecule has 1 aliphatic heterocycles. The van der Waals surface area contributed by atoms with Crippen LogP contribution in [0.3, 0.4) is 0 Å². The van der Waals surface area contributed by atoms with E-state index in [1.165, 1.54) is 19.2 Å². The summed E-state index contributed by atoms with van der Waals surface area (Å²) in [5, 5.41) is 2.70. The third kappa shape index (κ3) is 4.33. The van der Waals surface area contributed by atoms with Crippen LogP contribution in [0, 0.1) is 0 Å². The van der Waals surface area contributed by atoms with Crippen LogP contribution in [-0.2, 0) is 19.6 Å². The molecule has 0 bridgehead atoms. The molecule has 0 radical (unpaired) electrons. The van der Waals surface area contributed by atoms with Gasteiger partial charge in [0, 0.05) is 32.8 Å². The van der Waals surface area contributed by atoms with Gasteiger partial charge in [-0.05, 0) is 37.1 Å². The summed E-state index contributed by atoms with van der Waals surface area (Å²) in [4.78, 5) is 13.9. The summed E-state index contributed by atoms with van der Waals surface area (Å²) < 4.78 is 33.7. The van der Waals surface area contributed by atoms with Crippen molar-refractivity contribution < 1.29 is 17.9 Å². The van der Waals surface area contributed by atoms with Crippen LogP contribution in [0.25, 0.3) is 0 Å². The van der Waals surface area contributed by atoms with Gasteiger partial charge in [0.2, 0.25) is 0 Å². The van der Waals surface area contributed by atoms with Crippen LogP contribution < -0.4 is 5.32 Å². The van der Waals surface area contributed by atoms with Crippen LogP contribution in [-0.4, -0.2) is 51.9 Å². The molecule has 1 heterocycles. The van der Waals surface area contributed by atoms with Crippen molar-refractivity contribution in [3.8, 4) is 0 Å². The second-order valence-corrected chi connectivity index (χ2v) is 7.26. The predicted octanol–water partition coefficient (Wildman–Crippen LogP) is 1.86. The van der Waals surface area contributed by atoms with Gasteiger partial charge in [-0.1, -0.05) is 6.92 Å². The molecule has 1 aliphatic rings. The van der Waals surface area contributed by atoms with Gasteiger partial charge in [0.05, 0.1) is 4.90 Å². The summed E-state index contributed by atoms with van der Waals surface area (Å²) in [6, 6.07) is 5.98. The third-order valence-electron chi connectivity index (χ3n) is 3.93. The van der Waals surface area contributed by atoms with Crippen molar-refractivity contribution in [1.82, 2.24) is 4.90 Å². The van der Waals surface area contributed by atoms with E-state index in [0.717, 1.165) is 13.0 Å². The summed E-state index contributed by atoms with van der Waals surface area (Å²) in [6.07, 6.45) is 1.60. The summed E-state index contributed by atoms with van der Waals surface area (Å²) in [5.74, 6) is 0.321. The lowest BCUT2D eigenvalue weighted by Gasteiger charge is -2.13. The molecule has 1 fully saturated rings. The molecule has 1 aromatic rings. The number of benzene rings is 1. The number of ether oxygens (including phenoxy) is 1. The van der Waals surface area contributed by atoms with E-state index in [1.807, 2.05) is 18.9 Å². The van der Waals surface area contributed by atoms with Gasteiger partial charge < -0.3 is 15.0 Å². The summed E-state index contributed by atoms with van der Waals surface area (Å²) >= 11 is 0. The fourth-order valence-corrected chi connectivity index (χ4v) is 3.59. The number of rotatable bonds is 6. The van der Waals surface area contributed by atoms with Gasteiger partial charge in [0.15, 0.2) is 0 Å². The van der Waals surface area contributed by atoms with Gasteiger partial charge in [-0.2, -0.15) is 8.42 Å². The highest BCUT2D eigenvalue weighted by Gasteiger charge is 2.20. The topological polar surface area (TPSA) is 88.1 Å². The van der Waals surface area contributed by atoms with E-state index < -0.39 is 16.1 Å². The first-order valence-corrected chi connectivity index (χ1v) is 9.30. The second kappa shape index (κ2) is 7.76. The Morgan fingerprint density at radius 1 is 1.38 bits per heavy atom. The van der Waals surface area contributed by atoms with Crippen LogP contribution >= 0.6 is 0 Å². The van der Waals surface area contributed by atoms with Gasteiger partial charge >= 0.3 is 0 Å². The van der Waals surface area contributed by atoms with Crippen LogP contribution in [0.15, 0.2) is 33.6 Å². The normalized spacial score (nSPS) is 18.0. The van der Waals surface area contributed by atoms with E-state index in [2.05, 4.69) is 9.71 Å². The molecule has 1 aromatic carbocycles. The highest BCUT2D eigenvalue weighted by molar-refractivity contribution is 7.90. The fourth-order valence-electron chi connectivity index (χ4n) is 2.49. The Balaban J connectivity index is 2.13. The Hall–Kier alpha value is -1.93. The molecular weight excluding hydrogens is 330 g/mol. The Morgan fingerprint density at radius 2 is 2.04 bits per heavy atom. The molecule has 0 aliphatic carbocycles. The predicted molar refractivity (Wildman–Crippen MR) is 92.6 cm³/mol. The maximum absolute atomic E-state index is 12.3. The Labute approximate surface area is 142 Å². The lowest BCUT2D eigenvalue weighted by Crippen LogP contribution is -2.28. The number of anilines is 1. The molecule has 1 saturated heterocycles. The van der Waals surface area contributed by atoms with Crippen molar-refractivity contribution in [2.24, 2.45) is 4.40 Å². The molecule has 132 valence electrons. The number of hydrogen-bond donors (Lipinski definition) is 1. The maximum atomic E-state index is 12.3. The average Bonchev–Trinajstić information content (AvgIpc) is 2.93. The molecule has 24 heavy (non-hydrogen) atoms. The van der Waals surface area contributed by atoms with E-state index in [4.69, 9.17) is 4.74 Å². The molecule has 1 unspecified atom stereocenters. The number of amides is 1. The molecule has 0 saturated carbocycles. The summed E-state index contributed by atoms with van der Waals surface area (Å²) in [7, 11) is -0.431. The lowest BCUT2D eigenvalue weighted by atomic mass is 10.2. The van der Waals surface area contributed by atoms with Crippen LogP contribution in [0.4, 0.5) is 5.69 Å². The second-order valence-electron chi connectivity index (χ2n) is 5.65. The molecule has 8 heteroatoms. The monoisotopic (exact) mass is 353 g/mol. The minimum atomic E-state index is -3.74. The zero-order chi connectivity index (χ0) is 17.7. The molecular formula is C16H23N3O4S. The molecule has 1 N–H and O–H groups in total. The minimum Gasteiger partial charge on any atom is -0.372 e. The van der Waals surface area contributed by atoms with Gasteiger partial charge in [0.1, 0.15) is 11.9 Å². The van der Waals surface area contributed by atoms with E-state index in [9.17, 15) is 13.2 Å². The minimum absolute atomic E-state index is 0.104. The SMILES string of the molecule is CCC(OC)C(=O)Nc1ccc(S(=O)(=O)/N=C2/CCCN2C)cc1. The smallest absolute Gasteiger partial charge is 0.283 e. The molecule has 1 amide bonds. The van der Waals surface area contributed by atoms with Crippen LogP contribution in [0.5, 0.6) is 0 Å². The van der Waals surface area contributed by atoms with Crippen molar-refractivity contribution in [3.63, 3.8) is 0 Å². The number of carbonyl (C=O) groups excluding carboxylic acids is 1.